The molecule has 102 valence electrons. The van der Waals surface area contributed by atoms with Crippen LogP contribution < -0.4 is 0 Å². The molecule has 0 radical (unpaired) electrons. The van der Waals surface area contributed by atoms with Crippen molar-refractivity contribution in [3.8, 4) is 0 Å². The van der Waals surface area contributed by atoms with Crippen molar-refractivity contribution in [1.29, 1.82) is 0 Å². The van der Waals surface area contributed by atoms with Crippen LogP contribution in [0.1, 0.15) is 27.7 Å². The molecule has 0 aromatic heterocycles. The highest BCUT2D eigenvalue weighted by Gasteiger charge is 2.46. The van der Waals surface area contributed by atoms with Crippen molar-refractivity contribution in [3.05, 3.63) is 36.0 Å². The van der Waals surface area contributed by atoms with E-state index in [2.05, 4.69) is 0 Å². The first kappa shape index (κ1) is 15.1. The van der Waals surface area contributed by atoms with Gasteiger partial charge < -0.3 is 5.11 Å². The van der Waals surface area contributed by atoms with Crippen molar-refractivity contribution in [2.24, 2.45) is 10.8 Å². The zero-order valence-corrected chi connectivity index (χ0v) is 11.6. The topological polar surface area (TPSA) is 71.4 Å². The van der Waals surface area contributed by atoms with Gasteiger partial charge in [-0.1, -0.05) is 18.2 Å². The lowest BCUT2D eigenvalue weighted by Gasteiger charge is -2.33. The second-order valence-corrected chi connectivity index (χ2v) is 5.49. The molecule has 19 heavy (non-hydrogen) atoms. The number of allylic oxidation sites excluding steroid dienone is 5. The highest BCUT2D eigenvalue weighted by molar-refractivity contribution is 6.16. The zero-order chi connectivity index (χ0) is 14.8. The monoisotopic (exact) mass is 262 g/mol. The fourth-order valence-electron chi connectivity index (χ4n) is 2.00. The van der Waals surface area contributed by atoms with Crippen LogP contribution in [0.3, 0.4) is 0 Å². The van der Waals surface area contributed by atoms with Crippen LogP contribution in [-0.2, 0) is 14.4 Å². The second-order valence-electron chi connectivity index (χ2n) is 5.49. The minimum Gasteiger partial charge on any atom is -0.478 e. The van der Waals surface area contributed by atoms with Gasteiger partial charge in [-0.05, 0) is 39.3 Å². The fourth-order valence-corrected chi connectivity index (χ4v) is 2.00. The molecule has 4 heteroatoms. The number of ketones is 2. The maximum atomic E-state index is 12.4. The van der Waals surface area contributed by atoms with Crippen LogP contribution in [-0.4, -0.2) is 22.6 Å². The third kappa shape index (κ3) is 3.08. The average Bonchev–Trinajstić information content (AvgIpc) is 2.30. The Kier molecular flexibility index (Phi) is 3.94. The van der Waals surface area contributed by atoms with Crippen molar-refractivity contribution in [2.45, 2.75) is 27.7 Å². The van der Waals surface area contributed by atoms with Gasteiger partial charge in [0.2, 0.25) is 0 Å². The van der Waals surface area contributed by atoms with Gasteiger partial charge in [-0.3, -0.25) is 9.59 Å². The molecule has 1 atom stereocenters. The largest absolute Gasteiger partial charge is 0.478 e. The molecule has 1 N–H and O–H groups in total. The van der Waals surface area contributed by atoms with Gasteiger partial charge in [-0.15, -0.1) is 0 Å². The summed E-state index contributed by atoms with van der Waals surface area (Å²) in [4.78, 5) is 34.5. The van der Waals surface area contributed by atoms with Crippen LogP contribution in [0.5, 0.6) is 0 Å². The van der Waals surface area contributed by atoms with E-state index in [9.17, 15) is 14.4 Å². The van der Waals surface area contributed by atoms with Crippen molar-refractivity contribution in [2.75, 3.05) is 0 Å². The number of carboxylic acids is 1. The molecule has 1 rings (SSSR count). The van der Waals surface area contributed by atoms with E-state index in [-0.39, 0.29) is 11.6 Å². The molecule has 1 aliphatic carbocycles. The second kappa shape index (κ2) is 4.96. The van der Waals surface area contributed by atoms with Gasteiger partial charge in [-0.25, -0.2) is 4.79 Å². The maximum Gasteiger partial charge on any atom is 0.328 e. The Morgan fingerprint density at radius 2 is 1.84 bits per heavy atom. The standard InChI is InChI=1S/C15H18O4/c1-10(9-12(17)18)5-7-15(4)8-6-11(16)14(2,3)13(15)19/h5-9H,1-4H3,(H,17,18)/b7-5+,10-9-. The lowest BCUT2D eigenvalue weighted by atomic mass is 9.66. The molecule has 0 aliphatic heterocycles. The first-order valence-corrected chi connectivity index (χ1v) is 5.98. The molecule has 0 aromatic carbocycles. The molecule has 1 unspecified atom stereocenters. The van der Waals surface area contributed by atoms with Gasteiger partial charge in [0.1, 0.15) is 0 Å². The number of hydrogen-bond donors (Lipinski definition) is 1. The van der Waals surface area contributed by atoms with Crippen LogP contribution in [0.15, 0.2) is 36.0 Å². The summed E-state index contributed by atoms with van der Waals surface area (Å²) in [7, 11) is 0. The molecule has 0 heterocycles. The van der Waals surface area contributed by atoms with E-state index in [0.29, 0.717) is 5.57 Å². The molecule has 0 saturated heterocycles. The summed E-state index contributed by atoms with van der Waals surface area (Å²) in [5.41, 5.74) is -1.40. The molecule has 4 nitrogen and oxygen atoms in total. The van der Waals surface area contributed by atoms with Crippen LogP contribution in [0.2, 0.25) is 0 Å². The number of carbonyl (C=O) groups excluding carboxylic acids is 2. The van der Waals surface area contributed by atoms with Gasteiger partial charge in [0.05, 0.1) is 10.8 Å². The first-order valence-electron chi connectivity index (χ1n) is 5.98. The molecule has 0 bridgehead atoms. The molecule has 0 aromatic rings. The fraction of sp³-hybridized carbons (Fsp3) is 0.400. The Bertz CT molecular complexity index is 520. The Hall–Kier alpha value is -1.97. The molecule has 0 amide bonds. The van der Waals surface area contributed by atoms with Gasteiger partial charge in [0.15, 0.2) is 11.6 Å². The lowest BCUT2D eigenvalue weighted by Crippen LogP contribution is -2.44. The smallest absolute Gasteiger partial charge is 0.328 e. The van der Waals surface area contributed by atoms with E-state index >= 15 is 0 Å². The number of Topliss-reactive ketones (excluding diaryl/α,β-unsaturated/α-hetero) is 1. The Labute approximate surface area is 112 Å². The van der Waals surface area contributed by atoms with Gasteiger partial charge in [0, 0.05) is 6.08 Å². The predicted octanol–water partition coefficient (Wildman–Crippen LogP) is 2.31. The molecule has 0 spiro atoms. The number of aliphatic carboxylic acids is 1. The zero-order valence-electron chi connectivity index (χ0n) is 11.6. The molecular formula is C15H18O4. The summed E-state index contributed by atoms with van der Waals surface area (Å²) in [5, 5.41) is 8.62. The quantitative estimate of drug-likeness (QED) is 0.481. The highest BCUT2D eigenvalue weighted by atomic mass is 16.4. The van der Waals surface area contributed by atoms with E-state index in [1.807, 2.05) is 0 Å². The average molecular weight is 262 g/mol. The normalized spacial score (nSPS) is 27.1. The number of rotatable bonds is 3. The minimum atomic E-state index is -1.04. The summed E-state index contributed by atoms with van der Waals surface area (Å²) in [6, 6.07) is 0. The molecular weight excluding hydrogens is 244 g/mol. The molecule has 0 saturated carbocycles. The van der Waals surface area contributed by atoms with Crippen LogP contribution in [0, 0.1) is 10.8 Å². The Morgan fingerprint density at radius 3 is 2.37 bits per heavy atom. The maximum absolute atomic E-state index is 12.4. The van der Waals surface area contributed by atoms with E-state index in [1.165, 1.54) is 6.08 Å². The van der Waals surface area contributed by atoms with Crippen molar-refractivity contribution in [1.82, 2.24) is 0 Å². The van der Waals surface area contributed by atoms with Gasteiger partial charge >= 0.3 is 5.97 Å². The Morgan fingerprint density at radius 1 is 1.26 bits per heavy atom. The van der Waals surface area contributed by atoms with Crippen molar-refractivity contribution in [3.63, 3.8) is 0 Å². The van der Waals surface area contributed by atoms with E-state index in [1.54, 1.807) is 45.9 Å². The van der Waals surface area contributed by atoms with Crippen molar-refractivity contribution >= 4 is 17.5 Å². The van der Waals surface area contributed by atoms with Crippen molar-refractivity contribution < 1.29 is 19.5 Å². The Balaban J connectivity index is 3.10. The summed E-state index contributed by atoms with van der Waals surface area (Å²) in [6.07, 6.45) is 7.26. The summed E-state index contributed by atoms with van der Waals surface area (Å²) in [5.74, 6) is -1.43. The summed E-state index contributed by atoms with van der Waals surface area (Å²) >= 11 is 0. The van der Waals surface area contributed by atoms with Gasteiger partial charge in [-0.2, -0.15) is 0 Å². The lowest BCUT2D eigenvalue weighted by molar-refractivity contribution is -0.140. The SMILES string of the molecule is CC(=C/C(=O)O)/C=C/C1(C)C=CC(=O)C(C)(C)C1=O. The number of carboxylic acid groups (broad SMARTS) is 1. The third-order valence-electron chi connectivity index (χ3n) is 3.30. The number of hydrogen-bond acceptors (Lipinski definition) is 3. The summed E-state index contributed by atoms with van der Waals surface area (Å²) < 4.78 is 0. The third-order valence-corrected chi connectivity index (χ3v) is 3.30. The van der Waals surface area contributed by atoms with Gasteiger partial charge in [0.25, 0.3) is 0 Å². The van der Waals surface area contributed by atoms with E-state index < -0.39 is 16.8 Å². The minimum absolute atomic E-state index is 0.188. The summed E-state index contributed by atoms with van der Waals surface area (Å²) in [6.45, 7) is 6.56. The predicted molar refractivity (Wildman–Crippen MR) is 71.6 cm³/mol. The van der Waals surface area contributed by atoms with E-state index in [0.717, 1.165) is 6.08 Å². The first-order chi connectivity index (χ1) is 8.59. The number of carbonyl (C=O) groups is 3. The molecule has 0 fully saturated rings. The highest BCUT2D eigenvalue weighted by Crippen LogP contribution is 2.37. The van der Waals surface area contributed by atoms with E-state index in [4.69, 9.17) is 5.11 Å². The van der Waals surface area contributed by atoms with Crippen LogP contribution in [0.25, 0.3) is 0 Å². The van der Waals surface area contributed by atoms with Crippen LogP contribution in [0.4, 0.5) is 0 Å². The molecule has 1 aliphatic rings. The van der Waals surface area contributed by atoms with Crippen LogP contribution >= 0.6 is 0 Å².